The summed E-state index contributed by atoms with van der Waals surface area (Å²) in [5.74, 6) is 0.954. The van der Waals surface area contributed by atoms with Crippen LogP contribution in [0.3, 0.4) is 0 Å². The van der Waals surface area contributed by atoms with Gasteiger partial charge < -0.3 is 14.8 Å². The lowest BCUT2D eigenvalue weighted by Crippen LogP contribution is -2.22. The maximum Gasteiger partial charge on any atom is 0.120 e. The Morgan fingerprint density at radius 3 is 2.67 bits per heavy atom. The van der Waals surface area contributed by atoms with Crippen LogP contribution in [-0.4, -0.2) is 25.9 Å². The van der Waals surface area contributed by atoms with Crippen molar-refractivity contribution >= 4 is 0 Å². The van der Waals surface area contributed by atoms with Crippen LogP contribution >= 0.6 is 0 Å². The zero-order valence-corrected chi connectivity index (χ0v) is 14.0. The molecule has 0 saturated carbocycles. The van der Waals surface area contributed by atoms with Crippen LogP contribution in [0.4, 0.5) is 0 Å². The van der Waals surface area contributed by atoms with Crippen LogP contribution in [0.25, 0.3) is 0 Å². The topological polar surface area (TPSA) is 30.5 Å². The summed E-state index contributed by atoms with van der Waals surface area (Å²) in [6.07, 6.45) is 3.51. The second-order valence-electron chi connectivity index (χ2n) is 5.58. The third-order valence-electron chi connectivity index (χ3n) is 3.26. The van der Waals surface area contributed by atoms with E-state index in [0.717, 1.165) is 44.8 Å². The molecule has 0 amide bonds. The molecule has 1 aromatic rings. The zero-order chi connectivity index (χ0) is 15.5. The van der Waals surface area contributed by atoms with Crippen molar-refractivity contribution in [3.05, 3.63) is 29.8 Å². The lowest BCUT2D eigenvalue weighted by Gasteiger charge is -2.20. The van der Waals surface area contributed by atoms with Crippen LogP contribution in [-0.2, 0) is 4.74 Å². The van der Waals surface area contributed by atoms with Crippen molar-refractivity contribution in [2.45, 2.75) is 59.1 Å². The van der Waals surface area contributed by atoms with Crippen molar-refractivity contribution in [1.82, 2.24) is 5.32 Å². The molecule has 0 aliphatic heterocycles. The van der Waals surface area contributed by atoms with Crippen molar-refractivity contribution in [3.8, 4) is 5.75 Å². The van der Waals surface area contributed by atoms with Gasteiger partial charge in [-0.1, -0.05) is 19.1 Å². The Hall–Kier alpha value is -1.06. The standard InChI is InChI=1S/C18H31NO2/c1-5-12-19-18(11-8-13-20-6-2)16-9-7-10-17(14-16)21-15(3)4/h7,9-10,14-15,18-19H,5-6,8,11-13H2,1-4H3. The van der Waals surface area contributed by atoms with Crippen LogP contribution in [0.1, 0.15) is 58.6 Å². The van der Waals surface area contributed by atoms with Gasteiger partial charge in [-0.2, -0.15) is 0 Å². The van der Waals surface area contributed by atoms with Crippen molar-refractivity contribution in [2.24, 2.45) is 0 Å². The summed E-state index contributed by atoms with van der Waals surface area (Å²) in [6.45, 7) is 11.0. The van der Waals surface area contributed by atoms with Crippen LogP contribution < -0.4 is 10.1 Å². The van der Waals surface area contributed by atoms with Gasteiger partial charge in [-0.15, -0.1) is 0 Å². The number of benzene rings is 1. The Balaban J connectivity index is 2.66. The summed E-state index contributed by atoms with van der Waals surface area (Å²) < 4.78 is 11.2. The SMILES string of the molecule is CCCNC(CCCOCC)c1cccc(OC(C)C)c1. The van der Waals surface area contributed by atoms with Crippen molar-refractivity contribution in [1.29, 1.82) is 0 Å². The average Bonchev–Trinajstić information content (AvgIpc) is 2.46. The minimum Gasteiger partial charge on any atom is -0.491 e. The van der Waals surface area contributed by atoms with Gasteiger partial charge in [0.25, 0.3) is 0 Å². The van der Waals surface area contributed by atoms with Gasteiger partial charge in [0.2, 0.25) is 0 Å². The molecular formula is C18H31NO2. The van der Waals surface area contributed by atoms with E-state index in [4.69, 9.17) is 9.47 Å². The quantitative estimate of drug-likeness (QED) is 0.616. The summed E-state index contributed by atoms with van der Waals surface area (Å²) in [4.78, 5) is 0. The summed E-state index contributed by atoms with van der Waals surface area (Å²) in [7, 11) is 0. The Morgan fingerprint density at radius 2 is 2.00 bits per heavy atom. The molecule has 0 saturated heterocycles. The molecule has 3 nitrogen and oxygen atoms in total. The molecule has 0 aliphatic carbocycles. The molecular weight excluding hydrogens is 262 g/mol. The van der Waals surface area contributed by atoms with Gasteiger partial charge in [-0.3, -0.25) is 0 Å². The monoisotopic (exact) mass is 293 g/mol. The highest BCUT2D eigenvalue weighted by Gasteiger charge is 2.11. The third-order valence-corrected chi connectivity index (χ3v) is 3.26. The molecule has 21 heavy (non-hydrogen) atoms. The Labute approximate surface area is 130 Å². The van der Waals surface area contributed by atoms with Crippen molar-refractivity contribution in [2.75, 3.05) is 19.8 Å². The van der Waals surface area contributed by atoms with Crippen molar-refractivity contribution < 1.29 is 9.47 Å². The fourth-order valence-electron chi connectivity index (χ4n) is 2.32. The molecule has 0 radical (unpaired) electrons. The number of nitrogens with one attached hydrogen (secondary N) is 1. The normalized spacial score (nSPS) is 12.6. The molecule has 0 spiro atoms. The lowest BCUT2D eigenvalue weighted by atomic mass is 10.0. The summed E-state index contributed by atoms with van der Waals surface area (Å²) >= 11 is 0. The highest BCUT2D eigenvalue weighted by Crippen LogP contribution is 2.23. The Kier molecular flexibility index (Phi) is 9.11. The number of hydrogen-bond acceptors (Lipinski definition) is 3. The molecule has 1 aromatic carbocycles. The summed E-state index contributed by atoms with van der Waals surface area (Å²) in [5, 5.41) is 3.63. The average molecular weight is 293 g/mol. The zero-order valence-electron chi connectivity index (χ0n) is 14.0. The molecule has 3 heteroatoms. The van der Waals surface area contributed by atoms with Crippen LogP contribution in [0, 0.1) is 0 Å². The number of hydrogen-bond donors (Lipinski definition) is 1. The second-order valence-corrected chi connectivity index (χ2v) is 5.58. The van der Waals surface area contributed by atoms with E-state index < -0.39 is 0 Å². The first-order valence-electron chi connectivity index (χ1n) is 8.25. The molecule has 0 aliphatic rings. The van der Waals surface area contributed by atoms with Gasteiger partial charge in [-0.25, -0.2) is 0 Å². The predicted molar refractivity (Wildman–Crippen MR) is 89.0 cm³/mol. The van der Waals surface area contributed by atoms with Crippen molar-refractivity contribution in [3.63, 3.8) is 0 Å². The van der Waals surface area contributed by atoms with E-state index in [9.17, 15) is 0 Å². The Bertz CT molecular complexity index is 379. The fraction of sp³-hybridized carbons (Fsp3) is 0.667. The largest absolute Gasteiger partial charge is 0.491 e. The molecule has 1 rings (SSSR count). The van der Waals surface area contributed by atoms with E-state index in [2.05, 4.69) is 44.3 Å². The maximum absolute atomic E-state index is 5.80. The molecule has 0 bridgehead atoms. The smallest absolute Gasteiger partial charge is 0.120 e. The van der Waals surface area contributed by atoms with Gasteiger partial charge in [0.1, 0.15) is 5.75 Å². The van der Waals surface area contributed by atoms with Gasteiger partial charge in [0, 0.05) is 19.3 Å². The highest BCUT2D eigenvalue weighted by molar-refractivity contribution is 5.30. The molecule has 0 heterocycles. The highest BCUT2D eigenvalue weighted by atomic mass is 16.5. The summed E-state index contributed by atoms with van der Waals surface area (Å²) in [6, 6.07) is 8.83. The molecule has 1 atom stereocenters. The fourth-order valence-corrected chi connectivity index (χ4v) is 2.32. The maximum atomic E-state index is 5.80. The van der Waals surface area contributed by atoms with Crippen LogP contribution in [0.5, 0.6) is 5.75 Å². The van der Waals surface area contributed by atoms with Crippen LogP contribution in [0.2, 0.25) is 0 Å². The first-order valence-corrected chi connectivity index (χ1v) is 8.25. The number of rotatable bonds is 11. The molecule has 0 aromatic heterocycles. The van der Waals surface area contributed by atoms with E-state index in [0.29, 0.717) is 6.04 Å². The molecule has 1 unspecified atom stereocenters. The van der Waals surface area contributed by atoms with E-state index in [1.807, 2.05) is 13.0 Å². The second kappa shape index (κ2) is 10.6. The third kappa shape index (κ3) is 7.49. The molecule has 0 fully saturated rings. The minimum absolute atomic E-state index is 0.209. The lowest BCUT2D eigenvalue weighted by molar-refractivity contribution is 0.141. The first kappa shape index (κ1) is 18.0. The molecule has 1 N–H and O–H groups in total. The van der Waals surface area contributed by atoms with Crippen LogP contribution in [0.15, 0.2) is 24.3 Å². The first-order chi connectivity index (χ1) is 10.2. The van der Waals surface area contributed by atoms with E-state index in [1.165, 1.54) is 5.56 Å². The minimum atomic E-state index is 0.209. The molecule has 120 valence electrons. The summed E-state index contributed by atoms with van der Waals surface area (Å²) in [5.41, 5.74) is 1.30. The van der Waals surface area contributed by atoms with Gasteiger partial charge in [-0.05, 0) is 64.3 Å². The number of ether oxygens (including phenoxy) is 2. The van der Waals surface area contributed by atoms with E-state index in [1.54, 1.807) is 0 Å². The van der Waals surface area contributed by atoms with Gasteiger partial charge in [0.15, 0.2) is 0 Å². The van der Waals surface area contributed by atoms with Gasteiger partial charge >= 0.3 is 0 Å². The van der Waals surface area contributed by atoms with Gasteiger partial charge in [0.05, 0.1) is 6.10 Å². The van der Waals surface area contributed by atoms with E-state index >= 15 is 0 Å². The predicted octanol–water partition coefficient (Wildman–Crippen LogP) is 4.33. The Morgan fingerprint density at radius 1 is 1.19 bits per heavy atom. The van der Waals surface area contributed by atoms with E-state index in [-0.39, 0.29) is 6.10 Å².